The highest BCUT2D eigenvalue weighted by molar-refractivity contribution is 7.13. The molecule has 0 bridgehead atoms. The number of hydrogen-bond donors (Lipinski definition) is 0. The Balaban J connectivity index is 2.28. The van der Waals surface area contributed by atoms with Gasteiger partial charge in [-0.2, -0.15) is 13.2 Å². The van der Waals surface area contributed by atoms with Crippen LogP contribution in [0.5, 0.6) is 0 Å². The van der Waals surface area contributed by atoms with E-state index in [4.69, 9.17) is 0 Å². The van der Waals surface area contributed by atoms with Gasteiger partial charge < -0.3 is 0 Å². The van der Waals surface area contributed by atoms with Crippen LogP contribution in [-0.2, 0) is 6.18 Å². The van der Waals surface area contributed by atoms with Crippen molar-refractivity contribution < 1.29 is 13.2 Å². The van der Waals surface area contributed by atoms with Gasteiger partial charge in [0.05, 0.1) is 11.7 Å². The summed E-state index contributed by atoms with van der Waals surface area (Å²) in [6, 6.07) is 3.29. The van der Waals surface area contributed by atoms with E-state index in [1.165, 1.54) is 23.7 Å². The molecular weight excluding hydrogens is 263 g/mol. The molecule has 92 valence electrons. The molecule has 0 aliphatic carbocycles. The summed E-state index contributed by atoms with van der Waals surface area (Å²) in [6.07, 6.45) is -0.278. The maximum atomic E-state index is 12.7. The lowest BCUT2D eigenvalue weighted by atomic mass is 10.2. The molecule has 0 saturated carbocycles. The van der Waals surface area contributed by atoms with Crippen LogP contribution in [0.4, 0.5) is 13.2 Å². The van der Waals surface area contributed by atoms with Gasteiger partial charge in [-0.05, 0) is 12.1 Å². The van der Waals surface area contributed by atoms with Crippen LogP contribution in [0.3, 0.4) is 0 Å². The lowest BCUT2D eigenvalue weighted by Gasteiger charge is -2.06. The average Bonchev–Trinajstić information content (AvgIpc) is 2.96. The molecule has 0 aliphatic heterocycles. The molecule has 0 radical (unpaired) electrons. The van der Waals surface area contributed by atoms with Crippen molar-refractivity contribution in [3.05, 3.63) is 41.9 Å². The average molecular weight is 269 g/mol. The fourth-order valence-electron chi connectivity index (χ4n) is 1.77. The molecule has 0 N–H and O–H groups in total. The monoisotopic (exact) mass is 269 g/mol. The van der Waals surface area contributed by atoms with Gasteiger partial charge in [-0.15, -0.1) is 11.3 Å². The van der Waals surface area contributed by atoms with Crippen molar-refractivity contribution in [2.75, 3.05) is 0 Å². The molecule has 0 aliphatic rings. The smallest absolute Gasteiger partial charge is 0.295 e. The zero-order chi connectivity index (χ0) is 12.8. The first kappa shape index (κ1) is 11.2. The van der Waals surface area contributed by atoms with E-state index in [2.05, 4.69) is 9.97 Å². The summed E-state index contributed by atoms with van der Waals surface area (Å²) in [5.74, 6) is -0.920. The van der Waals surface area contributed by atoms with Crippen molar-refractivity contribution in [2.24, 2.45) is 0 Å². The molecule has 3 aromatic heterocycles. The third-order valence-corrected chi connectivity index (χ3v) is 3.29. The van der Waals surface area contributed by atoms with E-state index in [1.54, 1.807) is 23.7 Å². The minimum absolute atomic E-state index is 0.403. The number of alkyl halides is 3. The molecular formula is C11H6F3N3S. The van der Waals surface area contributed by atoms with E-state index in [1.807, 2.05) is 0 Å². The quantitative estimate of drug-likeness (QED) is 0.677. The molecule has 0 saturated heterocycles. The second-order valence-electron chi connectivity index (χ2n) is 3.59. The van der Waals surface area contributed by atoms with E-state index in [9.17, 15) is 13.2 Å². The molecule has 0 unspecified atom stereocenters. The van der Waals surface area contributed by atoms with E-state index in [0.29, 0.717) is 16.1 Å². The molecule has 0 spiro atoms. The van der Waals surface area contributed by atoms with Gasteiger partial charge >= 0.3 is 6.18 Å². The van der Waals surface area contributed by atoms with Crippen molar-refractivity contribution in [3.8, 4) is 10.6 Å². The number of pyridine rings is 1. The Morgan fingerprint density at radius 2 is 2.06 bits per heavy atom. The summed E-state index contributed by atoms with van der Waals surface area (Å²) < 4.78 is 39.2. The number of hydrogen-bond acceptors (Lipinski definition) is 3. The number of fused-ring (bicyclic) bond motifs is 1. The number of halogens is 3. The first-order valence-corrected chi connectivity index (χ1v) is 5.88. The maximum absolute atomic E-state index is 12.7. The standard InChI is InChI=1S/C11H6F3N3S/c12-11(13,14)10-16-6-8-7(2-1-4-17(8)10)9-15-3-5-18-9/h1-6H. The van der Waals surface area contributed by atoms with Crippen molar-refractivity contribution >= 4 is 16.9 Å². The summed E-state index contributed by atoms with van der Waals surface area (Å²) in [7, 11) is 0. The van der Waals surface area contributed by atoms with E-state index in [0.717, 1.165) is 4.40 Å². The van der Waals surface area contributed by atoms with Gasteiger partial charge in [-0.1, -0.05) is 0 Å². The third kappa shape index (κ3) is 1.67. The molecule has 0 amide bonds. The highest BCUT2D eigenvalue weighted by atomic mass is 32.1. The van der Waals surface area contributed by atoms with Crippen LogP contribution in [0, 0.1) is 0 Å². The zero-order valence-corrected chi connectivity index (χ0v) is 9.66. The van der Waals surface area contributed by atoms with Gasteiger partial charge in [0.2, 0.25) is 5.82 Å². The highest BCUT2D eigenvalue weighted by Crippen LogP contribution is 2.32. The Bertz CT molecular complexity index is 685. The van der Waals surface area contributed by atoms with Gasteiger partial charge in [0.25, 0.3) is 0 Å². The van der Waals surface area contributed by atoms with Gasteiger partial charge in [0.15, 0.2) is 0 Å². The predicted molar refractivity (Wildman–Crippen MR) is 61.3 cm³/mol. The minimum atomic E-state index is -4.46. The Morgan fingerprint density at radius 3 is 2.72 bits per heavy atom. The topological polar surface area (TPSA) is 30.2 Å². The number of imidazole rings is 1. The molecule has 3 heterocycles. The van der Waals surface area contributed by atoms with E-state index in [-0.39, 0.29) is 0 Å². The molecule has 3 rings (SSSR count). The van der Waals surface area contributed by atoms with Crippen LogP contribution >= 0.6 is 11.3 Å². The number of thiazole rings is 1. The number of aromatic nitrogens is 3. The van der Waals surface area contributed by atoms with Crippen LogP contribution in [-0.4, -0.2) is 14.4 Å². The lowest BCUT2D eigenvalue weighted by Crippen LogP contribution is -2.10. The van der Waals surface area contributed by atoms with Crippen LogP contribution < -0.4 is 0 Å². The molecule has 3 aromatic rings. The zero-order valence-electron chi connectivity index (χ0n) is 8.85. The number of rotatable bonds is 1. The Labute approximate surface area is 104 Å². The Hall–Kier alpha value is -1.89. The van der Waals surface area contributed by atoms with Crippen molar-refractivity contribution in [1.29, 1.82) is 0 Å². The van der Waals surface area contributed by atoms with Gasteiger partial charge in [-0.25, -0.2) is 9.97 Å². The van der Waals surface area contributed by atoms with Crippen LogP contribution in [0.15, 0.2) is 36.1 Å². The van der Waals surface area contributed by atoms with Crippen molar-refractivity contribution in [1.82, 2.24) is 14.4 Å². The fourth-order valence-corrected chi connectivity index (χ4v) is 2.44. The third-order valence-electron chi connectivity index (χ3n) is 2.49. The molecule has 18 heavy (non-hydrogen) atoms. The van der Waals surface area contributed by atoms with E-state index < -0.39 is 12.0 Å². The summed E-state index contributed by atoms with van der Waals surface area (Å²) in [4.78, 5) is 7.56. The Morgan fingerprint density at radius 1 is 1.22 bits per heavy atom. The second-order valence-corrected chi connectivity index (χ2v) is 4.49. The van der Waals surface area contributed by atoms with Crippen LogP contribution in [0.25, 0.3) is 16.1 Å². The highest BCUT2D eigenvalue weighted by Gasteiger charge is 2.36. The Kier molecular flexibility index (Phi) is 2.37. The summed E-state index contributed by atoms with van der Waals surface area (Å²) >= 11 is 1.37. The maximum Gasteiger partial charge on any atom is 0.450 e. The predicted octanol–water partition coefficient (Wildman–Crippen LogP) is 3.48. The summed E-state index contributed by atoms with van der Waals surface area (Å²) in [6.45, 7) is 0. The normalized spacial score (nSPS) is 12.2. The summed E-state index contributed by atoms with van der Waals surface area (Å²) in [5, 5.41) is 2.45. The number of nitrogens with zero attached hydrogens (tertiary/aromatic N) is 3. The van der Waals surface area contributed by atoms with Crippen molar-refractivity contribution in [3.63, 3.8) is 0 Å². The van der Waals surface area contributed by atoms with Crippen LogP contribution in [0.2, 0.25) is 0 Å². The second kappa shape index (κ2) is 3.81. The fraction of sp³-hybridized carbons (Fsp3) is 0.0909. The lowest BCUT2D eigenvalue weighted by molar-refractivity contribution is -0.145. The van der Waals surface area contributed by atoms with E-state index >= 15 is 0 Å². The van der Waals surface area contributed by atoms with Gasteiger partial charge in [0.1, 0.15) is 5.01 Å². The van der Waals surface area contributed by atoms with Crippen molar-refractivity contribution in [2.45, 2.75) is 6.18 Å². The molecule has 3 nitrogen and oxygen atoms in total. The molecule has 0 aromatic carbocycles. The largest absolute Gasteiger partial charge is 0.450 e. The van der Waals surface area contributed by atoms with Crippen LogP contribution in [0.1, 0.15) is 5.82 Å². The molecule has 0 atom stereocenters. The van der Waals surface area contributed by atoms with Gasteiger partial charge in [-0.3, -0.25) is 4.40 Å². The summed E-state index contributed by atoms with van der Waals surface area (Å²) in [5.41, 5.74) is 1.05. The van der Waals surface area contributed by atoms with Gasteiger partial charge in [0, 0.05) is 23.3 Å². The minimum Gasteiger partial charge on any atom is -0.295 e. The molecule has 7 heteroatoms. The first-order valence-electron chi connectivity index (χ1n) is 5.00. The molecule has 0 fully saturated rings. The SMILES string of the molecule is FC(F)(F)c1ncc2c(-c3nccs3)cccn12. The first-order chi connectivity index (χ1) is 8.57.